The quantitative estimate of drug-likeness (QED) is 0.844. The molecule has 6 nitrogen and oxygen atoms in total. The average molecular weight is 286 g/mol. The third-order valence-corrected chi connectivity index (χ3v) is 3.78. The Morgan fingerprint density at radius 1 is 1.16 bits per heavy atom. The lowest BCUT2D eigenvalue weighted by Crippen LogP contribution is -2.32. The average Bonchev–Trinajstić information content (AvgIpc) is 2.27. The number of aliphatic carboxylic acids is 1. The van der Waals surface area contributed by atoms with Crippen molar-refractivity contribution in [3.63, 3.8) is 0 Å². The van der Waals surface area contributed by atoms with Crippen molar-refractivity contribution in [1.82, 2.24) is 0 Å². The molecule has 0 saturated carbocycles. The molecule has 0 radical (unpaired) electrons. The molecule has 0 amide bonds. The van der Waals surface area contributed by atoms with Crippen molar-refractivity contribution in [1.29, 1.82) is 0 Å². The molecule has 1 rings (SSSR count). The van der Waals surface area contributed by atoms with Gasteiger partial charge < -0.3 is 10.0 Å². The second-order valence-electron chi connectivity index (χ2n) is 4.39. The zero-order valence-corrected chi connectivity index (χ0v) is 12.0. The summed E-state index contributed by atoms with van der Waals surface area (Å²) < 4.78 is 24.5. The molecule has 0 aliphatic rings. The number of nitrogens with zero attached hydrogens (tertiary/aromatic N) is 2. The number of rotatable bonds is 6. The smallest absolute Gasteiger partial charge is 0.305 e. The van der Waals surface area contributed by atoms with E-state index < -0.39 is 16.0 Å². The SMILES string of the molecule is CN(C)c1ccc(N(CCC(=O)O)S(C)(=O)=O)cc1. The highest BCUT2D eigenvalue weighted by molar-refractivity contribution is 7.92. The van der Waals surface area contributed by atoms with Crippen LogP contribution in [0.3, 0.4) is 0 Å². The predicted molar refractivity (Wildman–Crippen MR) is 75.2 cm³/mol. The molecule has 0 aliphatic carbocycles. The Bertz CT molecular complexity index is 537. The van der Waals surface area contributed by atoms with Crippen molar-refractivity contribution in [3.8, 4) is 0 Å². The fourth-order valence-electron chi connectivity index (χ4n) is 1.60. The number of hydrogen-bond donors (Lipinski definition) is 1. The molecule has 0 spiro atoms. The molecule has 0 aliphatic heterocycles. The summed E-state index contributed by atoms with van der Waals surface area (Å²) in [5, 5.41) is 8.66. The Kier molecular flexibility index (Phi) is 4.77. The highest BCUT2D eigenvalue weighted by atomic mass is 32.2. The van der Waals surface area contributed by atoms with E-state index in [0.717, 1.165) is 16.2 Å². The van der Waals surface area contributed by atoms with Gasteiger partial charge in [0.25, 0.3) is 0 Å². The van der Waals surface area contributed by atoms with Gasteiger partial charge >= 0.3 is 5.97 Å². The van der Waals surface area contributed by atoms with Crippen LogP contribution in [-0.4, -0.2) is 46.4 Å². The van der Waals surface area contributed by atoms with Gasteiger partial charge in [-0.05, 0) is 24.3 Å². The second-order valence-corrected chi connectivity index (χ2v) is 6.30. The topological polar surface area (TPSA) is 77.9 Å². The monoisotopic (exact) mass is 286 g/mol. The third kappa shape index (κ3) is 4.44. The summed E-state index contributed by atoms with van der Waals surface area (Å²) in [6.07, 6.45) is 0.831. The number of carboxylic acids is 1. The molecule has 0 atom stereocenters. The molecule has 0 saturated heterocycles. The lowest BCUT2D eigenvalue weighted by molar-refractivity contribution is -0.136. The second kappa shape index (κ2) is 5.92. The summed E-state index contributed by atoms with van der Waals surface area (Å²) in [5.41, 5.74) is 1.41. The van der Waals surface area contributed by atoms with Crippen molar-refractivity contribution in [3.05, 3.63) is 24.3 Å². The van der Waals surface area contributed by atoms with Crippen LogP contribution in [0.1, 0.15) is 6.42 Å². The maximum atomic E-state index is 11.7. The van der Waals surface area contributed by atoms with Gasteiger partial charge in [0.05, 0.1) is 18.4 Å². The standard InChI is InChI=1S/C12H18N2O4S/c1-13(2)10-4-6-11(7-5-10)14(19(3,17)18)9-8-12(15)16/h4-7H,8-9H2,1-3H3,(H,15,16). The molecule has 0 aromatic heterocycles. The van der Waals surface area contributed by atoms with Crippen LogP contribution in [0.15, 0.2) is 24.3 Å². The molecule has 106 valence electrons. The lowest BCUT2D eigenvalue weighted by Gasteiger charge is -2.22. The Balaban J connectivity index is 3.01. The van der Waals surface area contributed by atoms with Crippen LogP contribution in [-0.2, 0) is 14.8 Å². The van der Waals surface area contributed by atoms with E-state index in [-0.39, 0.29) is 13.0 Å². The van der Waals surface area contributed by atoms with Crippen molar-refractivity contribution < 1.29 is 18.3 Å². The molecule has 0 bridgehead atoms. The summed E-state index contributed by atoms with van der Waals surface area (Å²) in [6, 6.07) is 6.90. The number of carboxylic acid groups (broad SMARTS) is 1. The molecule has 0 unspecified atom stereocenters. The molecule has 1 N–H and O–H groups in total. The molecule has 1 aromatic rings. The molecular weight excluding hydrogens is 268 g/mol. The van der Waals surface area contributed by atoms with E-state index in [0.29, 0.717) is 5.69 Å². The van der Waals surface area contributed by atoms with Gasteiger partial charge in [0.2, 0.25) is 10.0 Å². The molecule has 0 fully saturated rings. The zero-order valence-electron chi connectivity index (χ0n) is 11.2. The molecular formula is C12H18N2O4S. The van der Waals surface area contributed by atoms with Crippen LogP contribution in [0.25, 0.3) is 0 Å². The van der Waals surface area contributed by atoms with E-state index in [1.807, 2.05) is 19.0 Å². The first kappa shape index (κ1) is 15.3. The van der Waals surface area contributed by atoms with E-state index in [1.54, 1.807) is 24.3 Å². The van der Waals surface area contributed by atoms with E-state index in [9.17, 15) is 13.2 Å². The predicted octanol–water partition coefficient (Wildman–Crippen LogP) is 0.993. The number of anilines is 2. The van der Waals surface area contributed by atoms with E-state index in [1.165, 1.54) is 0 Å². The Labute approximate surface area is 113 Å². The van der Waals surface area contributed by atoms with Gasteiger partial charge in [-0.3, -0.25) is 9.10 Å². The van der Waals surface area contributed by atoms with Gasteiger partial charge in [0.15, 0.2) is 0 Å². The summed E-state index contributed by atoms with van der Waals surface area (Å²) >= 11 is 0. The highest BCUT2D eigenvalue weighted by Gasteiger charge is 2.18. The van der Waals surface area contributed by atoms with E-state index in [2.05, 4.69) is 0 Å². The third-order valence-electron chi connectivity index (χ3n) is 2.58. The largest absolute Gasteiger partial charge is 0.481 e. The molecule has 19 heavy (non-hydrogen) atoms. The number of benzene rings is 1. The zero-order chi connectivity index (χ0) is 14.6. The first-order valence-electron chi connectivity index (χ1n) is 5.68. The Hall–Kier alpha value is -1.76. The van der Waals surface area contributed by atoms with Crippen LogP contribution in [0.2, 0.25) is 0 Å². The van der Waals surface area contributed by atoms with Crippen LogP contribution in [0.5, 0.6) is 0 Å². The number of carbonyl (C=O) groups is 1. The van der Waals surface area contributed by atoms with Gasteiger partial charge in [-0.1, -0.05) is 0 Å². The number of hydrogen-bond acceptors (Lipinski definition) is 4. The Morgan fingerprint density at radius 3 is 2.00 bits per heavy atom. The summed E-state index contributed by atoms with van der Waals surface area (Å²) in [7, 11) is 0.275. The van der Waals surface area contributed by atoms with Gasteiger partial charge in [0.1, 0.15) is 0 Å². The van der Waals surface area contributed by atoms with Gasteiger partial charge in [-0.25, -0.2) is 8.42 Å². The lowest BCUT2D eigenvalue weighted by atomic mass is 10.2. The van der Waals surface area contributed by atoms with Crippen molar-refractivity contribution >= 4 is 27.4 Å². The fraction of sp³-hybridized carbons (Fsp3) is 0.417. The summed E-state index contributed by atoms with van der Waals surface area (Å²) in [6.45, 7) is -0.0739. The summed E-state index contributed by atoms with van der Waals surface area (Å²) in [5.74, 6) is -1.03. The molecule has 0 heterocycles. The first-order valence-corrected chi connectivity index (χ1v) is 7.53. The van der Waals surface area contributed by atoms with Crippen LogP contribution >= 0.6 is 0 Å². The first-order chi connectivity index (χ1) is 8.71. The van der Waals surface area contributed by atoms with Crippen LogP contribution < -0.4 is 9.21 Å². The highest BCUT2D eigenvalue weighted by Crippen LogP contribution is 2.21. The van der Waals surface area contributed by atoms with E-state index in [4.69, 9.17) is 5.11 Å². The van der Waals surface area contributed by atoms with Gasteiger partial charge in [0, 0.05) is 26.3 Å². The molecule has 1 aromatic carbocycles. The molecule has 7 heteroatoms. The number of sulfonamides is 1. The van der Waals surface area contributed by atoms with Gasteiger partial charge in [-0.15, -0.1) is 0 Å². The van der Waals surface area contributed by atoms with Gasteiger partial charge in [-0.2, -0.15) is 0 Å². The Morgan fingerprint density at radius 2 is 1.63 bits per heavy atom. The van der Waals surface area contributed by atoms with Crippen LogP contribution in [0.4, 0.5) is 11.4 Å². The minimum atomic E-state index is -3.49. The minimum Gasteiger partial charge on any atom is -0.481 e. The summed E-state index contributed by atoms with van der Waals surface area (Å²) in [4.78, 5) is 12.5. The maximum Gasteiger partial charge on any atom is 0.305 e. The van der Waals surface area contributed by atoms with Crippen molar-refractivity contribution in [2.75, 3.05) is 36.1 Å². The fourth-order valence-corrected chi connectivity index (χ4v) is 2.53. The van der Waals surface area contributed by atoms with E-state index >= 15 is 0 Å². The maximum absolute atomic E-state index is 11.7. The minimum absolute atomic E-state index is 0.0739. The van der Waals surface area contributed by atoms with Crippen molar-refractivity contribution in [2.24, 2.45) is 0 Å². The van der Waals surface area contributed by atoms with Crippen molar-refractivity contribution in [2.45, 2.75) is 6.42 Å². The van der Waals surface area contributed by atoms with Crippen LogP contribution in [0, 0.1) is 0 Å². The normalized spacial score (nSPS) is 11.1.